The molecule has 0 radical (unpaired) electrons. The Morgan fingerprint density at radius 1 is 1.03 bits per heavy atom. The van der Waals surface area contributed by atoms with Crippen molar-refractivity contribution in [2.45, 2.75) is 34.9 Å². The fourth-order valence-corrected chi connectivity index (χ4v) is 5.25. The van der Waals surface area contributed by atoms with E-state index in [4.69, 9.17) is 5.73 Å². The molecule has 1 fully saturated rings. The topological polar surface area (TPSA) is 52.7 Å². The van der Waals surface area contributed by atoms with Crippen molar-refractivity contribution in [2.24, 2.45) is 11.7 Å². The average molecular weight is 438 g/mol. The molecule has 2 aromatic rings. The molecule has 0 spiro atoms. The number of fused-ring (bicyclic) bond motifs is 2. The first kappa shape index (κ1) is 21.5. The van der Waals surface area contributed by atoms with Gasteiger partial charge >= 0.3 is 6.18 Å². The van der Waals surface area contributed by atoms with Gasteiger partial charge in [0.15, 0.2) is 0 Å². The SMILES string of the molecule is NCC1CCN(CC(O)CN2c3ccccc3Sc3ccc(C(F)(F)F)cc32)CC1. The Morgan fingerprint density at radius 2 is 1.73 bits per heavy atom. The summed E-state index contributed by atoms with van der Waals surface area (Å²) in [5.41, 5.74) is 6.40. The van der Waals surface area contributed by atoms with Crippen molar-refractivity contribution in [1.82, 2.24) is 4.90 Å². The first-order chi connectivity index (χ1) is 14.3. The number of para-hydroxylation sites is 1. The molecule has 3 N–H and O–H groups in total. The van der Waals surface area contributed by atoms with Gasteiger partial charge in [-0.2, -0.15) is 13.2 Å². The minimum atomic E-state index is -4.41. The van der Waals surface area contributed by atoms with Crippen molar-refractivity contribution in [2.75, 3.05) is 37.6 Å². The highest BCUT2D eigenvalue weighted by Crippen LogP contribution is 2.49. The molecule has 162 valence electrons. The third kappa shape index (κ3) is 4.61. The highest BCUT2D eigenvalue weighted by molar-refractivity contribution is 7.99. The zero-order valence-electron chi connectivity index (χ0n) is 16.6. The van der Waals surface area contributed by atoms with E-state index in [0.29, 0.717) is 24.7 Å². The maximum atomic E-state index is 13.3. The van der Waals surface area contributed by atoms with Gasteiger partial charge < -0.3 is 20.6 Å². The normalized spacial score (nSPS) is 18.8. The van der Waals surface area contributed by atoms with Gasteiger partial charge in [-0.1, -0.05) is 23.9 Å². The summed E-state index contributed by atoms with van der Waals surface area (Å²) in [4.78, 5) is 5.78. The molecule has 4 nitrogen and oxygen atoms in total. The molecule has 30 heavy (non-hydrogen) atoms. The van der Waals surface area contributed by atoms with Gasteiger partial charge in [-0.25, -0.2) is 0 Å². The third-order valence-electron chi connectivity index (χ3n) is 5.86. The summed E-state index contributed by atoms with van der Waals surface area (Å²) in [6.07, 6.45) is -3.05. The number of nitrogens with zero attached hydrogens (tertiary/aromatic N) is 2. The van der Waals surface area contributed by atoms with Crippen LogP contribution in [0.2, 0.25) is 0 Å². The lowest BCUT2D eigenvalue weighted by molar-refractivity contribution is -0.137. The number of aliphatic hydroxyl groups is 1. The second-order valence-corrected chi connectivity index (χ2v) is 9.08. The second kappa shape index (κ2) is 8.78. The number of halogens is 3. The number of hydrogen-bond donors (Lipinski definition) is 2. The van der Waals surface area contributed by atoms with Gasteiger partial charge in [0.25, 0.3) is 0 Å². The molecule has 2 aliphatic heterocycles. The number of piperidine rings is 1. The maximum absolute atomic E-state index is 13.3. The molecule has 2 heterocycles. The van der Waals surface area contributed by atoms with Crippen molar-refractivity contribution < 1.29 is 18.3 Å². The first-order valence-electron chi connectivity index (χ1n) is 10.2. The minimum absolute atomic E-state index is 0.239. The van der Waals surface area contributed by atoms with Crippen LogP contribution in [0, 0.1) is 5.92 Å². The number of aliphatic hydroxyl groups excluding tert-OH is 1. The lowest BCUT2D eigenvalue weighted by atomic mass is 9.97. The van der Waals surface area contributed by atoms with E-state index in [0.717, 1.165) is 47.5 Å². The molecule has 2 aliphatic rings. The first-order valence-corrected chi connectivity index (χ1v) is 11.0. The number of anilines is 2. The van der Waals surface area contributed by atoms with E-state index in [1.54, 1.807) is 0 Å². The van der Waals surface area contributed by atoms with Crippen LogP contribution >= 0.6 is 11.8 Å². The highest BCUT2D eigenvalue weighted by Gasteiger charge is 2.34. The quantitative estimate of drug-likeness (QED) is 0.729. The van der Waals surface area contributed by atoms with Crippen LogP contribution in [-0.4, -0.2) is 48.8 Å². The van der Waals surface area contributed by atoms with E-state index in [-0.39, 0.29) is 6.54 Å². The van der Waals surface area contributed by atoms with E-state index in [1.807, 2.05) is 29.2 Å². The molecule has 0 saturated carbocycles. The van der Waals surface area contributed by atoms with Crippen LogP contribution in [0.25, 0.3) is 0 Å². The summed E-state index contributed by atoms with van der Waals surface area (Å²) in [5, 5.41) is 10.8. The van der Waals surface area contributed by atoms with Gasteiger partial charge in [0.1, 0.15) is 0 Å². The molecule has 0 amide bonds. The van der Waals surface area contributed by atoms with Gasteiger partial charge in [0.05, 0.1) is 29.6 Å². The molecule has 0 aliphatic carbocycles. The summed E-state index contributed by atoms with van der Waals surface area (Å²) < 4.78 is 40.0. The molecule has 1 atom stereocenters. The Balaban J connectivity index is 1.56. The largest absolute Gasteiger partial charge is 0.416 e. The molecule has 1 saturated heterocycles. The Hall–Kier alpha value is -1.74. The standard InChI is InChI=1S/C22H26F3N3OS/c23-22(24,25)16-5-6-21-19(11-16)28(18-3-1-2-4-20(18)30-21)14-17(29)13-27-9-7-15(12-26)8-10-27/h1-6,11,15,17,29H,7-10,12-14,26H2. The van der Waals surface area contributed by atoms with E-state index < -0.39 is 17.8 Å². The maximum Gasteiger partial charge on any atom is 0.416 e. The fraction of sp³-hybridized carbons (Fsp3) is 0.455. The van der Waals surface area contributed by atoms with Crippen molar-refractivity contribution in [3.63, 3.8) is 0 Å². The number of benzene rings is 2. The van der Waals surface area contributed by atoms with Crippen LogP contribution in [0.15, 0.2) is 52.3 Å². The van der Waals surface area contributed by atoms with Crippen molar-refractivity contribution in [3.8, 4) is 0 Å². The van der Waals surface area contributed by atoms with E-state index >= 15 is 0 Å². The zero-order valence-corrected chi connectivity index (χ0v) is 17.4. The van der Waals surface area contributed by atoms with Crippen LogP contribution in [-0.2, 0) is 6.18 Å². The number of β-amino-alcohol motifs (C(OH)–C–C–N with tert-alkyl or cyclic N) is 1. The lowest BCUT2D eigenvalue weighted by Crippen LogP contribution is -2.43. The van der Waals surface area contributed by atoms with E-state index in [1.165, 1.54) is 23.9 Å². The van der Waals surface area contributed by atoms with Crippen molar-refractivity contribution >= 4 is 23.1 Å². The predicted octanol–water partition coefficient (Wildman–Crippen LogP) is 4.34. The number of rotatable bonds is 5. The van der Waals surface area contributed by atoms with Crippen LogP contribution in [0.3, 0.4) is 0 Å². The smallest absolute Gasteiger partial charge is 0.390 e. The number of likely N-dealkylation sites (tertiary alicyclic amines) is 1. The number of nitrogens with two attached hydrogens (primary N) is 1. The highest BCUT2D eigenvalue weighted by atomic mass is 32.2. The van der Waals surface area contributed by atoms with Crippen LogP contribution in [0.5, 0.6) is 0 Å². The van der Waals surface area contributed by atoms with E-state index in [2.05, 4.69) is 4.90 Å². The zero-order chi connectivity index (χ0) is 21.3. The summed E-state index contributed by atoms with van der Waals surface area (Å²) in [6, 6.07) is 11.5. The molecule has 8 heteroatoms. The Labute approximate surface area is 178 Å². The molecule has 2 aromatic carbocycles. The Bertz CT molecular complexity index is 884. The summed E-state index contributed by atoms with van der Waals surface area (Å²) >= 11 is 1.46. The van der Waals surface area contributed by atoms with Crippen molar-refractivity contribution in [3.05, 3.63) is 48.0 Å². The summed E-state index contributed by atoms with van der Waals surface area (Å²) in [6.45, 7) is 3.21. The van der Waals surface area contributed by atoms with Gasteiger partial charge in [0, 0.05) is 16.3 Å². The fourth-order valence-electron chi connectivity index (χ4n) is 4.17. The molecule has 4 rings (SSSR count). The minimum Gasteiger partial charge on any atom is -0.390 e. The predicted molar refractivity (Wildman–Crippen MR) is 113 cm³/mol. The summed E-state index contributed by atoms with van der Waals surface area (Å²) in [7, 11) is 0. The second-order valence-electron chi connectivity index (χ2n) is 7.99. The van der Waals surface area contributed by atoms with Gasteiger partial charge in [0.2, 0.25) is 0 Å². The average Bonchev–Trinajstić information content (AvgIpc) is 2.73. The summed E-state index contributed by atoms with van der Waals surface area (Å²) in [5.74, 6) is 0.539. The Kier molecular flexibility index (Phi) is 6.29. The van der Waals surface area contributed by atoms with Crippen LogP contribution < -0.4 is 10.6 Å². The third-order valence-corrected chi connectivity index (χ3v) is 6.99. The van der Waals surface area contributed by atoms with Crippen LogP contribution in [0.1, 0.15) is 18.4 Å². The van der Waals surface area contributed by atoms with Gasteiger partial charge in [-0.15, -0.1) is 0 Å². The monoisotopic (exact) mass is 437 g/mol. The van der Waals surface area contributed by atoms with Crippen LogP contribution in [0.4, 0.5) is 24.5 Å². The molecular weight excluding hydrogens is 411 g/mol. The number of alkyl halides is 3. The number of hydrogen-bond acceptors (Lipinski definition) is 5. The molecular formula is C22H26F3N3OS. The molecule has 1 unspecified atom stereocenters. The van der Waals surface area contributed by atoms with Gasteiger partial charge in [-0.3, -0.25) is 0 Å². The lowest BCUT2D eigenvalue weighted by Gasteiger charge is -2.37. The molecule has 0 aromatic heterocycles. The molecule has 0 bridgehead atoms. The van der Waals surface area contributed by atoms with Crippen molar-refractivity contribution in [1.29, 1.82) is 0 Å². The van der Waals surface area contributed by atoms with Gasteiger partial charge in [-0.05, 0) is 68.7 Å². The Morgan fingerprint density at radius 3 is 2.43 bits per heavy atom. The van der Waals surface area contributed by atoms with E-state index in [9.17, 15) is 18.3 Å².